The smallest absolute Gasteiger partial charge is 0.353 e. The van der Waals surface area contributed by atoms with Gasteiger partial charge in [-0.2, -0.15) is 0 Å². The van der Waals surface area contributed by atoms with Crippen LogP contribution < -0.4 is 4.74 Å². The third-order valence-electron chi connectivity index (χ3n) is 3.01. The highest BCUT2D eigenvalue weighted by atomic mass is 32.1. The first-order chi connectivity index (χ1) is 9.69. The first kappa shape index (κ1) is 12.9. The summed E-state index contributed by atoms with van der Waals surface area (Å²) in [5, 5.41) is 10.4. The van der Waals surface area contributed by atoms with Gasteiger partial charge in [0.25, 0.3) is 0 Å². The van der Waals surface area contributed by atoms with Crippen molar-refractivity contribution in [3.8, 4) is 22.2 Å². The van der Waals surface area contributed by atoms with Crippen LogP contribution in [0, 0.1) is 0 Å². The molecule has 3 rings (SSSR count). The molecule has 5 nitrogen and oxygen atoms in total. The van der Waals surface area contributed by atoms with Gasteiger partial charge in [-0.15, -0.1) is 11.3 Å². The summed E-state index contributed by atoms with van der Waals surface area (Å²) in [6.07, 6.45) is 0.866. The summed E-state index contributed by atoms with van der Waals surface area (Å²) in [7, 11) is 0. The molecule has 1 aliphatic heterocycles. The van der Waals surface area contributed by atoms with Gasteiger partial charge in [0, 0.05) is 12.0 Å². The van der Waals surface area contributed by atoms with Crippen molar-refractivity contribution >= 4 is 17.3 Å². The minimum absolute atomic E-state index is 0.138. The van der Waals surface area contributed by atoms with Crippen molar-refractivity contribution in [1.82, 2.24) is 4.98 Å². The van der Waals surface area contributed by atoms with E-state index in [4.69, 9.17) is 9.47 Å². The molecule has 0 amide bonds. The van der Waals surface area contributed by atoms with E-state index in [1.165, 1.54) is 0 Å². The van der Waals surface area contributed by atoms with Gasteiger partial charge >= 0.3 is 5.97 Å². The molecule has 0 spiro atoms. The van der Waals surface area contributed by atoms with E-state index in [-0.39, 0.29) is 17.4 Å². The third kappa shape index (κ3) is 2.22. The molecule has 1 aliphatic rings. The van der Waals surface area contributed by atoms with E-state index in [1.54, 1.807) is 6.92 Å². The van der Waals surface area contributed by atoms with Gasteiger partial charge in [0.05, 0.1) is 13.2 Å². The zero-order valence-corrected chi connectivity index (χ0v) is 11.7. The third-order valence-corrected chi connectivity index (χ3v) is 4.08. The lowest BCUT2D eigenvalue weighted by molar-refractivity contribution is 0.0528. The number of thiazole rings is 1. The zero-order valence-electron chi connectivity index (χ0n) is 10.9. The summed E-state index contributed by atoms with van der Waals surface area (Å²) in [5.74, 6) is 0.0681. The van der Waals surface area contributed by atoms with Crippen LogP contribution in [0.15, 0.2) is 18.2 Å². The molecule has 2 aromatic rings. The number of aromatic hydroxyl groups is 1. The molecule has 104 valence electrons. The average molecular weight is 291 g/mol. The molecule has 0 saturated heterocycles. The lowest BCUT2D eigenvalue weighted by atomic mass is 10.1. The minimum Gasteiger partial charge on any atom is -0.493 e. The lowest BCUT2D eigenvalue weighted by Crippen LogP contribution is -2.02. The molecule has 1 aromatic heterocycles. The number of hydrogen-bond donors (Lipinski definition) is 1. The van der Waals surface area contributed by atoms with Gasteiger partial charge in [-0.1, -0.05) is 0 Å². The van der Waals surface area contributed by atoms with Gasteiger partial charge in [-0.3, -0.25) is 0 Å². The van der Waals surface area contributed by atoms with Crippen LogP contribution in [0.2, 0.25) is 0 Å². The SMILES string of the molecule is CCOC(=O)c1sc(-c2ccc3c(c2)CCO3)nc1O. The second-order valence-electron chi connectivity index (χ2n) is 4.31. The summed E-state index contributed by atoms with van der Waals surface area (Å²) in [4.78, 5) is 15.8. The number of fused-ring (bicyclic) bond motifs is 1. The number of esters is 1. The van der Waals surface area contributed by atoms with Crippen LogP contribution >= 0.6 is 11.3 Å². The second-order valence-corrected chi connectivity index (χ2v) is 5.31. The molecular formula is C14H13NO4S. The zero-order chi connectivity index (χ0) is 14.1. The molecule has 1 N–H and O–H groups in total. The molecule has 6 heteroatoms. The number of ether oxygens (including phenoxy) is 2. The van der Waals surface area contributed by atoms with Gasteiger partial charge < -0.3 is 14.6 Å². The minimum atomic E-state index is -0.543. The van der Waals surface area contributed by atoms with E-state index in [9.17, 15) is 9.90 Å². The Morgan fingerprint density at radius 1 is 1.55 bits per heavy atom. The summed E-state index contributed by atoms with van der Waals surface area (Å²) in [6.45, 7) is 2.68. The Morgan fingerprint density at radius 3 is 3.20 bits per heavy atom. The van der Waals surface area contributed by atoms with Crippen molar-refractivity contribution in [3.05, 3.63) is 28.6 Å². The van der Waals surface area contributed by atoms with E-state index < -0.39 is 5.97 Å². The van der Waals surface area contributed by atoms with E-state index in [2.05, 4.69) is 4.98 Å². The van der Waals surface area contributed by atoms with Crippen molar-refractivity contribution in [2.45, 2.75) is 13.3 Å². The number of carbonyl (C=O) groups is 1. The van der Waals surface area contributed by atoms with Crippen LogP contribution in [0.3, 0.4) is 0 Å². The fraction of sp³-hybridized carbons (Fsp3) is 0.286. The van der Waals surface area contributed by atoms with Gasteiger partial charge in [0.1, 0.15) is 10.8 Å². The van der Waals surface area contributed by atoms with E-state index in [0.29, 0.717) is 11.6 Å². The van der Waals surface area contributed by atoms with Gasteiger partial charge in [0.15, 0.2) is 4.88 Å². The fourth-order valence-corrected chi connectivity index (χ4v) is 2.93. The number of aromatic nitrogens is 1. The summed E-state index contributed by atoms with van der Waals surface area (Å²) >= 11 is 1.13. The predicted molar refractivity (Wildman–Crippen MR) is 74.4 cm³/mol. The number of carbonyl (C=O) groups excluding carboxylic acids is 1. The maximum Gasteiger partial charge on any atom is 0.353 e. The van der Waals surface area contributed by atoms with Gasteiger partial charge in [0.2, 0.25) is 5.88 Å². The Bertz CT molecular complexity index is 665. The number of hydrogen-bond acceptors (Lipinski definition) is 6. The Hall–Kier alpha value is -2.08. The Morgan fingerprint density at radius 2 is 2.40 bits per heavy atom. The number of benzene rings is 1. The van der Waals surface area contributed by atoms with Crippen molar-refractivity contribution < 1.29 is 19.4 Å². The van der Waals surface area contributed by atoms with Crippen LogP contribution in [0.4, 0.5) is 0 Å². The Labute approximate surface area is 119 Å². The lowest BCUT2D eigenvalue weighted by Gasteiger charge is -2.00. The second kappa shape index (κ2) is 5.13. The molecule has 0 aliphatic carbocycles. The maximum absolute atomic E-state index is 11.7. The van der Waals surface area contributed by atoms with E-state index >= 15 is 0 Å². The topological polar surface area (TPSA) is 68.7 Å². The van der Waals surface area contributed by atoms with E-state index in [0.717, 1.165) is 34.6 Å². The summed E-state index contributed by atoms with van der Waals surface area (Å²) < 4.78 is 10.3. The maximum atomic E-state index is 11.7. The highest BCUT2D eigenvalue weighted by Gasteiger charge is 2.21. The van der Waals surface area contributed by atoms with Crippen LogP contribution in [-0.4, -0.2) is 29.3 Å². The highest BCUT2D eigenvalue weighted by Crippen LogP contribution is 2.35. The van der Waals surface area contributed by atoms with Crippen LogP contribution in [-0.2, 0) is 11.2 Å². The average Bonchev–Trinajstić information content (AvgIpc) is 3.04. The highest BCUT2D eigenvalue weighted by molar-refractivity contribution is 7.17. The molecule has 20 heavy (non-hydrogen) atoms. The van der Waals surface area contributed by atoms with Crippen LogP contribution in [0.1, 0.15) is 22.2 Å². The predicted octanol–water partition coefficient (Wildman–Crippen LogP) is 2.63. The summed E-state index contributed by atoms with van der Waals surface area (Å²) in [5.41, 5.74) is 1.99. The van der Waals surface area contributed by atoms with Gasteiger partial charge in [-0.05, 0) is 30.7 Å². The van der Waals surface area contributed by atoms with E-state index in [1.807, 2.05) is 18.2 Å². The molecule has 2 heterocycles. The Balaban J connectivity index is 1.95. The standard InChI is InChI=1S/C14H13NO4S/c1-2-18-14(17)11-12(16)15-13(20-11)9-3-4-10-8(7-9)5-6-19-10/h3-4,7,16H,2,5-6H2,1H3. The molecule has 0 atom stereocenters. The Kier molecular flexibility index (Phi) is 3.31. The molecule has 0 radical (unpaired) electrons. The summed E-state index contributed by atoms with van der Waals surface area (Å²) in [6, 6.07) is 5.74. The quantitative estimate of drug-likeness (QED) is 0.880. The molecule has 0 unspecified atom stereocenters. The number of nitrogens with zero attached hydrogens (tertiary/aromatic N) is 1. The van der Waals surface area contributed by atoms with Crippen molar-refractivity contribution in [3.63, 3.8) is 0 Å². The molecule has 0 fully saturated rings. The fourth-order valence-electron chi connectivity index (χ4n) is 2.08. The monoisotopic (exact) mass is 291 g/mol. The van der Waals surface area contributed by atoms with Gasteiger partial charge in [-0.25, -0.2) is 9.78 Å². The normalized spacial score (nSPS) is 12.8. The largest absolute Gasteiger partial charge is 0.493 e. The first-order valence-electron chi connectivity index (χ1n) is 6.32. The van der Waals surface area contributed by atoms with Crippen molar-refractivity contribution in [2.75, 3.05) is 13.2 Å². The molecular weight excluding hydrogens is 278 g/mol. The van der Waals surface area contributed by atoms with Crippen LogP contribution in [0.25, 0.3) is 10.6 Å². The molecule has 1 aromatic carbocycles. The van der Waals surface area contributed by atoms with Crippen molar-refractivity contribution in [1.29, 1.82) is 0 Å². The van der Waals surface area contributed by atoms with Crippen LogP contribution in [0.5, 0.6) is 11.6 Å². The molecule has 0 saturated carbocycles. The molecule has 0 bridgehead atoms. The number of rotatable bonds is 3. The first-order valence-corrected chi connectivity index (χ1v) is 7.13. The van der Waals surface area contributed by atoms with Crippen molar-refractivity contribution in [2.24, 2.45) is 0 Å².